The van der Waals surface area contributed by atoms with Crippen LogP contribution in [0.25, 0.3) is 0 Å². The van der Waals surface area contributed by atoms with Gasteiger partial charge < -0.3 is 15.9 Å². The topological polar surface area (TPSA) is 95.1 Å². The summed E-state index contributed by atoms with van der Waals surface area (Å²) in [6.07, 6.45) is 0. The minimum atomic E-state index is -0.335. The lowest BCUT2D eigenvalue weighted by Crippen LogP contribution is -2.25. The predicted molar refractivity (Wildman–Crippen MR) is 80.3 cm³/mol. The molecular weight excluding hydrogens is 309 g/mol. The molecule has 0 bridgehead atoms. The zero-order valence-electron chi connectivity index (χ0n) is 12.0. The fourth-order valence-corrected chi connectivity index (χ4v) is 2.27. The van der Waals surface area contributed by atoms with Gasteiger partial charge in [-0.3, -0.25) is 4.79 Å². The third-order valence-corrected chi connectivity index (χ3v) is 3.57. The molecule has 7 nitrogen and oxygen atoms in total. The molecule has 1 aromatic carbocycles. The van der Waals surface area contributed by atoms with Gasteiger partial charge in [0.2, 0.25) is 11.1 Å². The molecule has 0 aliphatic rings. The number of carbonyl (C=O) groups is 1. The van der Waals surface area contributed by atoms with Crippen molar-refractivity contribution in [1.29, 1.82) is 0 Å². The Kier molecular flexibility index (Phi) is 5.59. The molecule has 0 radical (unpaired) electrons. The number of benzene rings is 1. The molecule has 3 N–H and O–H groups in total. The second-order valence-electron chi connectivity index (χ2n) is 4.25. The Morgan fingerprint density at radius 3 is 2.82 bits per heavy atom. The van der Waals surface area contributed by atoms with E-state index in [1.54, 1.807) is 0 Å². The van der Waals surface area contributed by atoms with Gasteiger partial charge in [-0.25, -0.2) is 9.07 Å². The molecule has 0 spiro atoms. The van der Waals surface area contributed by atoms with Gasteiger partial charge in [0.15, 0.2) is 5.82 Å². The van der Waals surface area contributed by atoms with Crippen molar-refractivity contribution >= 4 is 17.7 Å². The monoisotopic (exact) mass is 325 g/mol. The van der Waals surface area contributed by atoms with E-state index >= 15 is 0 Å². The number of carbonyl (C=O) groups excluding carboxylic acids is 1. The maximum absolute atomic E-state index is 12.8. The minimum Gasteiger partial charge on any atom is -0.486 e. The smallest absolute Gasteiger partial charge is 0.230 e. The second-order valence-corrected chi connectivity index (χ2v) is 5.20. The number of nitrogens with one attached hydrogen (secondary N) is 1. The summed E-state index contributed by atoms with van der Waals surface area (Å²) in [6.45, 7) is 2.52. The molecule has 2 rings (SSSR count). The molecule has 0 atom stereocenters. The Labute approximate surface area is 131 Å². The number of thioether (sulfide) groups is 1. The van der Waals surface area contributed by atoms with Gasteiger partial charge in [-0.15, -0.1) is 10.2 Å². The Hall–Kier alpha value is -2.29. The predicted octanol–water partition coefficient (Wildman–Crippen LogP) is 0.938. The van der Waals surface area contributed by atoms with E-state index in [1.807, 2.05) is 6.92 Å². The summed E-state index contributed by atoms with van der Waals surface area (Å²) >= 11 is 1.19. The van der Waals surface area contributed by atoms with Gasteiger partial charge in [-0.1, -0.05) is 11.8 Å². The van der Waals surface area contributed by atoms with Gasteiger partial charge in [0, 0.05) is 6.54 Å². The molecule has 0 unspecified atom stereocenters. The van der Waals surface area contributed by atoms with Gasteiger partial charge in [0.1, 0.15) is 18.2 Å². The average Bonchev–Trinajstić information content (AvgIpc) is 2.85. The molecule has 1 heterocycles. The van der Waals surface area contributed by atoms with Crippen LogP contribution in [0.2, 0.25) is 0 Å². The number of aromatic nitrogens is 3. The minimum absolute atomic E-state index is 0.0941. The lowest BCUT2D eigenvalue weighted by atomic mass is 10.3. The summed E-state index contributed by atoms with van der Waals surface area (Å²) in [5.41, 5.74) is 0. The molecule has 22 heavy (non-hydrogen) atoms. The van der Waals surface area contributed by atoms with E-state index in [2.05, 4.69) is 15.5 Å². The van der Waals surface area contributed by atoms with E-state index in [1.165, 1.54) is 40.7 Å². The summed E-state index contributed by atoms with van der Waals surface area (Å²) in [4.78, 5) is 11.4. The summed E-state index contributed by atoms with van der Waals surface area (Å²) in [5.74, 6) is 6.53. The first-order valence-electron chi connectivity index (χ1n) is 6.57. The molecule has 0 saturated heterocycles. The highest BCUT2D eigenvalue weighted by molar-refractivity contribution is 7.99. The van der Waals surface area contributed by atoms with Gasteiger partial charge in [0.05, 0.1) is 5.75 Å². The van der Waals surface area contributed by atoms with Crippen molar-refractivity contribution in [2.24, 2.45) is 0 Å². The second kappa shape index (κ2) is 7.64. The SMILES string of the molecule is CCNC(=O)CSc1nnc(COc2ccc(F)cc2)n1N. The van der Waals surface area contributed by atoms with Crippen LogP contribution in [0.3, 0.4) is 0 Å². The molecule has 118 valence electrons. The van der Waals surface area contributed by atoms with Crippen molar-refractivity contribution in [1.82, 2.24) is 20.2 Å². The number of rotatable bonds is 7. The first-order chi connectivity index (χ1) is 10.6. The van der Waals surface area contributed by atoms with Crippen LogP contribution in [-0.4, -0.2) is 33.1 Å². The highest BCUT2D eigenvalue weighted by atomic mass is 32.2. The fourth-order valence-electron chi connectivity index (χ4n) is 1.56. The number of halogens is 1. The molecule has 0 aliphatic carbocycles. The Morgan fingerprint density at radius 2 is 2.14 bits per heavy atom. The van der Waals surface area contributed by atoms with E-state index in [4.69, 9.17) is 10.6 Å². The number of amides is 1. The Balaban J connectivity index is 1.90. The lowest BCUT2D eigenvalue weighted by molar-refractivity contribution is -0.118. The molecule has 1 amide bonds. The van der Waals surface area contributed by atoms with Crippen molar-refractivity contribution in [3.05, 3.63) is 35.9 Å². The number of nitrogens with two attached hydrogens (primary N) is 1. The van der Waals surface area contributed by atoms with E-state index < -0.39 is 0 Å². The van der Waals surface area contributed by atoms with Crippen molar-refractivity contribution in [2.45, 2.75) is 18.7 Å². The van der Waals surface area contributed by atoms with Crippen molar-refractivity contribution in [2.75, 3.05) is 18.1 Å². The van der Waals surface area contributed by atoms with Crippen LogP contribution in [0, 0.1) is 5.82 Å². The number of nitrogen functional groups attached to an aromatic ring is 1. The summed E-state index contributed by atoms with van der Waals surface area (Å²) in [5, 5.41) is 10.9. The Morgan fingerprint density at radius 1 is 1.41 bits per heavy atom. The molecule has 0 aliphatic heterocycles. The molecule has 1 aromatic heterocycles. The van der Waals surface area contributed by atoms with Crippen molar-refractivity contribution in [3.8, 4) is 5.75 Å². The molecule has 0 fully saturated rings. The van der Waals surface area contributed by atoms with Crippen LogP contribution >= 0.6 is 11.8 Å². The maximum Gasteiger partial charge on any atom is 0.230 e. The zero-order chi connectivity index (χ0) is 15.9. The Bertz CT molecular complexity index is 632. The molecule has 0 saturated carbocycles. The van der Waals surface area contributed by atoms with Crippen LogP contribution in [-0.2, 0) is 11.4 Å². The van der Waals surface area contributed by atoms with Crippen LogP contribution in [0.4, 0.5) is 4.39 Å². The molecule has 9 heteroatoms. The van der Waals surface area contributed by atoms with Gasteiger partial charge in [0.25, 0.3) is 0 Å². The normalized spacial score (nSPS) is 10.5. The number of ether oxygens (including phenoxy) is 1. The van der Waals surface area contributed by atoms with Crippen molar-refractivity contribution in [3.63, 3.8) is 0 Å². The zero-order valence-corrected chi connectivity index (χ0v) is 12.8. The largest absolute Gasteiger partial charge is 0.486 e. The van der Waals surface area contributed by atoms with E-state index in [9.17, 15) is 9.18 Å². The summed E-state index contributed by atoms with van der Waals surface area (Å²) in [6, 6.07) is 5.63. The molecule has 2 aromatic rings. The van der Waals surface area contributed by atoms with Crippen LogP contribution in [0.1, 0.15) is 12.7 Å². The average molecular weight is 325 g/mol. The fraction of sp³-hybridized carbons (Fsp3) is 0.308. The number of hydrogen-bond donors (Lipinski definition) is 2. The third-order valence-electron chi connectivity index (χ3n) is 2.62. The highest BCUT2D eigenvalue weighted by Crippen LogP contribution is 2.16. The first-order valence-corrected chi connectivity index (χ1v) is 7.56. The summed E-state index contributed by atoms with van der Waals surface area (Å²) < 4.78 is 19.5. The number of hydrogen-bond acceptors (Lipinski definition) is 6. The number of nitrogens with zero attached hydrogens (tertiary/aromatic N) is 3. The van der Waals surface area contributed by atoms with Gasteiger partial charge in [-0.2, -0.15) is 0 Å². The summed E-state index contributed by atoms with van der Waals surface area (Å²) in [7, 11) is 0. The third kappa shape index (κ3) is 4.35. The lowest BCUT2D eigenvalue weighted by Gasteiger charge is -2.06. The quantitative estimate of drug-likeness (QED) is 0.581. The van der Waals surface area contributed by atoms with Crippen LogP contribution in [0.5, 0.6) is 5.75 Å². The maximum atomic E-state index is 12.8. The molecular formula is C13H16FN5O2S. The van der Waals surface area contributed by atoms with Crippen LogP contribution < -0.4 is 15.9 Å². The van der Waals surface area contributed by atoms with Crippen molar-refractivity contribution < 1.29 is 13.9 Å². The standard InChI is InChI=1S/C13H16FN5O2S/c1-2-16-12(20)8-22-13-18-17-11(19(13)15)7-21-10-5-3-9(14)4-6-10/h3-6H,2,7-8,15H2,1H3,(H,16,20). The van der Waals surface area contributed by atoms with Gasteiger partial charge >= 0.3 is 0 Å². The highest BCUT2D eigenvalue weighted by Gasteiger charge is 2.12. The first kappa shape index (κ1) is 16.1. The van der Waals surface area contributed by atoms with E-state index in [-0.39, 0.29) is 24.1 Å². The van der Waals surface area contributed by atoms with E-state index in [0.29, 0.717) is 23.3 Å². The van der Waals surface area contributed by atoms with Crippen LogP contribution in [0.15, 0.2) is 29.4 Å². The van der Waals surface area contributed by atoms with Gasteiger partial charge in [-0.05, 0) is 31.2 Å². The van der Waals surface area contributed by atoms with E-state index in [0.717, 1.165) is 0 Å².